The Bertz CT molecular complexity index is 841. The van der Waals surface area contributed by atoms with Crippen molar-refractivity contribution in [3.8, 4) is 17.2 Å². The van der Waals surface area contributed by atoms with Gasteiger partial charge in [0.05, 0.1) is 27.2 Å². The van der Waals surface area contributed by atoms with E-state index in [2.05, 4.69) is 0 Å². The monoisotopic (exact) mass is 385 g/mol. The van der Waals surface area contributed by atoms with E-state index in [1.54, 1.807) is 17.0 Å². The number of hydrogen-bond acceptors (Lipinski definition) is 5. The lowest BCUT2D eigenvalue weighted by atomic mass is 9.89. The van der Waals surface area contributed by atoms with Crippen LogP contribution in [0.1, 0.15) is 21.8 Å². The molecule has 7 nitrogen and oxygen atoms in total. The lowest BCUT2D eigenvalue weighted by molar-refractivity contribution is -0.141. The molecule has 0 saturated carbocycles. The molecule has 1 fully saturated rings. The molecule has 0 aromatic heterocycles. The quantitative estimate of drug-likeness (QED) is 0.823. The Balaban J connectivity index is 1.92. The molecule has 2 atom stereocenters. The zero-order valence-electron chi connectivity index (χ0n) is 16.0. The van der Waals surface area contributed by atoms with Crippen molar-refractivity contribution >= 4 is 11.9 Å². The fourth-order valence-corrected chi connectivity index (χ4v) is 3.64. The Hall–Kier alpha value is -3.22. The third-order valence-electron chi connectivity index (χ3n) is 5.06. The number of benzene rings is 2. The van der Waals surface area contributed by atoms with Crippen molar-refractivity contribution in [3.63, 3.8) is 0 Å². The first-order valence-corrected chi connectivity index (χ1v) is 8.87. The van der Waals surface area contributed by atoms with Gasteiger partial charge in [-0.3, -0.25) is 9.59 Å². The van der Waals surface area contributed by atoms with E-state index in [-0.39, 0.29) is 18.4 Å². The van der Waals surface area contributed by atoms with Crippen molar-refractivity contribution in [1.82, 2.24) is 4.90 Å². The van der Waals surface area contributed by atoms with Crippen molar-refractivity contribution in [2.45, 2.75) is 5.92 Å². The van der Waals surface area contributed by atoms with Gasteiger partial charge in [-0.1, -0.05) is 30.3 Å². The van der Waals surface area contributed by atoms with Crippen molar-refractivity contribution in [2.75, 3.05) is 34.4 Å². The highest BCUT2D eigenvalue weighted by Crippen LogP contribution is 2.39. The smallest absolute Gasteiger partial charge is 0.308 e. The second-order valence-electron chi connectivity index (χ2n) is 6.59. The lowest BCUT2D eigenvalue weighted by Gasteiger charge is -2.19. The Morgan fingerprint density at radius 2 is 1.57 bits per heavy atom. The molecule has 7 heteroatoms. The first-order valence-electron chi connectivity index (χ1n) is 8.87. The highest BCUT2D eigenvalue weighted by Gasteiger charge is 2.40. The van der Waals surface area contributed by atoms with Crippen LogP contribution < -0.4 is 14.2 Å². The summed E-state index contributed by atoms with van der Waals surface area (Å²) in [5.41, 5.74) is 1.27. The normalized spacial score (nSPS) is 18.6. The van der Waals surface area contributed by atoms with Crippen LogP contribution in [0.2, 0.25) is 0 Å². The molecule has 2 unspecified atom stereocenters. The molecular weight excluding hydrogens is 362 g/mol. The minimum absolute atomic E-state index is 0.143. The van der Waals surface area contributed by atoms with E-state index in [0.717, 1.165) is 5.56 Å². The van der Waals surface area contributed by atoms with E-state index in [1.165, 1.54) is 21.3 Å². The van der Waals surface area contributed by atoms with Crippen LogP contribution in [0.4, 0.5) is 0 Å². The molecule has 1 saturated heterocycles. The molecular formula is C21H23NO6. The average Bonchev–Trinajstić information content (AvgIpc) is 3.18. The molecule has 2 aromatic carbocycles. The number of likely N-dealkylation sites (tertiary alicyclic amines) is 1. The number of carboxylic acids is 1. The van der Waals surface area contributed by atoms with Gasteiger partial charge in [0, 0.05) is 24.6 Å². The first-order chi connectivity index (χ1) is 13.5. The number of aliphatic carboxylic acids is 1. The summed E-state index contributed by atoms with van der Waals surface area (Å²) in [4.78, 5) is 26.5. The van der Waals surface area contributed by atoms with Crippen LogP contribution in [-0.4, -0.2) is 56.3 Å². The van der Waals surface area contributed by atoms with Crippen LogP contribution in [0.25, 0.3) is 0 Å². The SMILES string of the molecule is COc1cc(C(=O)N2CC(C(=O)O)C(c3ccccc3)C2)cc(OC)c1OC. The molecule has 0 bridgehead atoms. The summed E-state index contributed by atoms with van der Waals surface area (Å²) in [6.45, 7) is 0.473. The topological polar surface area (TPSA) is 85.3 Å². The summed E-state index contributed by atoms with van der Waals surface area (Å²) in [6.07, 6.45) is 0. The molecule has 1 aliphatic heterocycles. The fraction of sp³-hybridized carbons (Fsp3) is 0.333. The van der Waals surface area contributed by atoms with E-state index >= 15 is 0 Å². The maximum absolute atomic E-state index is 13.1. The van der Waals surface area contributed by atoms with E-state index in [4.69, 9.17) is 14.2 Å². The Morgan fingerprint density at radius 3 is 2.07 bits per heavy atom. The number of hydrogen-bond donors (Lipinski definition) is 1. The second kappa shape index (κ2) is 8.21. The summed E-state index contributed by atoms with van der Waals surface area (Å²) in [5, 5.41) is 9.65. The van der Waals surface area contributed by atoms with Gasteiger partial charge in [0.2, 0.25) is 5.75 Å². The van der Waals surface area contributed by atoms with Gasteiger partial charge in [0.25, 0.3) is 5.91 Å². The average molecular weight is 385 g/mol. The van der Waals surface area contributed by atoms with Crippen LogP contribution in [-0.2, 0) is 4.79 Å². The number of amides is 1. The van der Waals surface area contributed by atoms with Crippen molar-refractivity contribution in [2.24, 2.45) is 5.92 Å². The molecule has 1 N–H and O–H groups in total. The Labute approximate surface area is 163 Å². The zero-order chi connectivity index (χ0) is 20.3. The van der Waals surface area contributed by atoms with Crippen LogP contribution in [0.15, 0.2) is 42.5 Å². The highest BCUT2D eigenvalue weighted by molar-refractivity contribution is 5.96. The largest absolute Gasteiger partial charge is 0.493 e. The molecule has 1 aliphatic rings. The van der Waals surface area contributed by atoms with Crippen LogP contribution in [0.5, 0.6) is 17.2 Å². The molecule has 1 amide bonds. The van der Waals surface area contributed by atoms with E-state index in [1.807, 2.05) is 30.3 Å². The van der Waals surface area contributed by atoms with Gasteiger partial charge in [-0.2, -0.15) is 0 Å². The molecule has 28 heavy (non-hydrogen) atoms. The molecule has 0 spiro atoms. The van der Waals surface area contributed by atoms with Gasteiger partial charge in [0.15, 0.2) is 11.5 Å². The number of carboxylic acid groups (broad SMARTS) is 1. The van der Waals surface area contributed by atoms with Crippen molar-refractivity contribution < 1.29 is 28.9 Å². The van der Waals surface area contributed by atoms with Gasteiger partial charge >= 0.3 is 5.97 Å². The highest BCUT2D eigenvalue weighted by atomic mass is 16.5. The molecule has 3 rings (SSSR count). The van der Waals surface area contributed by atoms with Crippen LogP contribution >= 0.6 is 0 Å². The van der Waals surface area contributed by atoms with Gasteiger partial charge in [0.1, 0.15) is 0 Å². The number of carbonyl (C=O) groups is 2. The predicted octanol–water partition coefficient (Wildman–Crippen LogP) is 2.65. The minimum Gasteiger partial charge on any atom is -0.493 e. The Morgan fingerprint density at radius 1 is 0.964 bits per heavy atom. The summed E-state index contributed by atoms with van der Waals surface area (Å²) in [7, 11) is 4.45. The molecule has 0 aliphatic carbocycles. The minimum atomic E-state index is -0.908. The van der Waals surface area contributed by atoms with Gasteiger partial charge in [-0.25, -0.2) is 0 Å². The van der Waals surface area contributed by atoms with Gasteiger partial charge in [-0.05, 0) is 17.7 Å². The summed E-state index contributed by atoms with van der Waals surface area (Å²) in [5.74, 6) is -0.956. The third-order valence-corrected chi connectivity index (χ3v) is 5.06. The maximum atomic E-state index is 13.1. The van der Waals surface area contributed by atoms with Crippen molar-refractivity contribution in [1.29, 1.82) is 0 Å². The number of rotatable bonds is 6. The Kier molecular flexibility index (Phi) is 5.73. The maximum Gasteiger partial charge on any atom is 0.308 e. The number of ether oxygens (including phenoxy) is 3. The number of nitrogens with zero attached hydrogens (tertiary/aromatic N) is 1. The standard InChI is InChI=1S/C21H23NO6/c1-26-17-9-14(10-18(27-2)19(17)28-3)20(23)22-11-15(16(12-22)21(24)25)13-7-5-4-6-8-13/h4-10,15-16H,11-12H2,1-3H3,(H,24,25). The van der Waals surface area contributed by atoms with Gasteiger partial charge in [-0.15, -0.1) is 0 Å². The van der Waals surface area contributed by atoms with E-state index in [0.29, 0.717) is 29.4 Å². The lowest BCUT2D eigenvalue weighted by Crippen LogP contribution is -2.30. The molecule has 2 aromatic rings. The number of methoxy groups -OCH3 is 3. The number of carbonyl (C=O) groups excluding carboxylic acids is 1. The van der Waals surface area contributed by atoms with Gasteiger partial charge < -0.3 is 24.2 Å². The van der Waals surface area contributed by atoms with Crippen LogP contribution in [0, 0.1) is 5.92 Å². The molecule has 1 heterocycles. The molecule has 0 radical (unpaired) electrons. The van der Waals surface area contributed by atoms with Crippen molar-refractivity contribution in [3.05, 3.63) is 53.6 Å². The molecule has 148 valence electrons. The second-order valence-corrected chi connectivity index (χ2v) is 6.59. The zero-order valence-corrected chi connectivity index (χ0v) is 16.0. The van der Waals surface area contributed by atoms with E-state index < -0.39 is 11.9 Å². The predicted molar refractivity (Wildman–Crippen MR) is 102 cm³/mol. The van der Waals surface area contributed by atoms with Crippen LogP contribution in [0.3, 0.4) is 0 Å². The first kappa shape index (κ1) is 19.5. The summed E-state index contributed by atoms with van der Waals surface area (Å²) >= 11 is 0. The third kappa shape index (κ3) is 3.60. The van der Waals surface area contributed by atoms with E-state index in [9.17, 15) is 14.7 Å². The fourth-order valence-electron chi connectivity index (χ4n) is 3.64. The summed E-state index contributed by atoms with van der Waals surface area (Å²) in [6, 6.07) is 12.6. The summed E-state index contributed by atoms with van der Waals surface area (Å²) < 4.78 is 15.9.